The second-order valence-corrected chi connectivity index (χ2v) is 14.7. The maximum absolute atomic E-state index is 10.9. The van der Waals surface area contributed by atoms with E-state index in [1.807, 2.05) is 57.2 Å². The van der Waals surface area contributed by atoms with Crippen LogP contribution in [0.15, 0.2) is 84.9 Å². The van der Waals surface area contributed by atoms with E-state index >= 15 is 0 Å². The number of nitrogens with zero attached hydrogens (tertiary/aromatic N) is 1. The number of ether oxygens (including phenoxy) is 4. The average Bonchev–Trinajstić information content (AvgIpc) is 3.79. The lowest BCUT2D eigenvalue weighted by molar-refractivity contribution is -0.141. The van der Waals surface area contributed by atoms with Gasteiger partial charge in [0.25, 0.3) is 0 Å². The molecule has 0 amide bonds. The Morgan fingerprint density at radius 3 is 2.04 bits per heavy atom. The molecule has 0 unspecified atom stereocenters. The van der Waals surface area contributed by atoms with Crippen molar-refractivity contribution in [2.75, 3.05) is 39.5 Å². The Morgan fingerprint density at radius 1 is 0.800 bits per heavy atom. The molecular formula is C41H51B2ClN2O9. The number of fused-ring (bicyclic) bond motifs is 1. The van der Waals surface area contributed by atoms with E-state index in [0.29, 0.717) is 38.7 Å². The number of benzene rings is 4. The van der Waals surface area contributed by atoms with E-state index in [0.717, 1.165) is 52.0 Å². The van der Waals surface area contributed by atoms with Crippen LogP contribution >= 0.6 is 12.4 Å². The van der Waals surface area contributed by atoms with Crippen molar-refractivity contribution in [3.63, 3.8) is 0 Å². The zero-order chi connectivity index (χ0) is 37.8. The van der Waals surface area contributed by atoms with Crippen molar-refractivity contribution >= 4 is 37.6 Å². The molecule has 4 atom stereocenters. The minimum Gasteiger partial charge on any atom is -0.491 e. The second-order valence-electron chi connectivity index (χ2n) is 14.7. The molecule has 1 saturated heterocycles. The van der Waals surface area contributed by atoms with E-state index < -0.39 is 20.0 Å². The van der Waals surface area contributed by atoms with Crippen LogP contribution in [0.3, 0.4) is 0 Å². The smallest absolute Gasteiger partial charge is 0.491 e. The van der Waals surface area contributed by atoms with Crippen LogP contribution in [-0.2, 0) is 36.5 Å². The molecule has 4 aliphatic heterocycles. The standard InChI is InChI=1S/C29H34BNO5.C12H16BNO4.ClH/c1-21-14-15-25(33-19-24-20-34-29(2,3)35-24)28-27(21)26(36-30(28)32)18-31(16-22-10-6-4-7-11-22)17-23-12-8-5-9-13-23;1-7-2-3-9-12-11(7)10(4-14)18-13(12)17-8(5-15)6-16-9;/h4-15,24,26,32H,16-20H2,1-3H3;2-3,8,10,15H,4-6,14H2,1H3;1H/t24-,26+;8-,10-;/m01./s1. The highest BCUT2D eigenvalue weighted by Crippen LogP contribution is 2.34. The van der Waals surface area contributed by atoms with Crippen LogP contribution in [0.25, 0.3) is 0 Å². The Hall–Kier alpha value is -3.46. The molecular weight excluding hydrogens is 722 g/mol. The number of aryl methyl sites for hydroxylation is 2. The summed E-state index contributed by atoms with van der Waals surface area (Å²) in [5.74, 6) is 0.807. The summed E-state index contributed by atoms with van der Waals surface area (Å²) in [5, 5.41) is 20.2. The van der Waals surface area contributed by atoms with E-state index in [2.05, 4.69) is 60.4 Å². The molecule has 4 aromatic rings. The molecule has 4 aromatic carbocycles. The minimum absolute atomic E-state index is 0. The predicted molar refractivity (Wildman–Crippen MR) is 214 cm³/mol. The van der Waals surface area contributed by atoms with E-state index in [-0.39, 0.29) is 43.4 Å². The summed E-state index contributed by atoms with van der Waals surface area (Å²) in [7, 11) is -1.52. The molecule has 4 N–H and O–H groups in total. The molecule has 0 spiro atoms. The monoisotopic (exact) mass is 772 g/mol. The SMILES string of the molecule is Cc1ccc(OC[C@H]2COC(C)(C)O2)c2c1[C@@H](CN(Cc1ccccc1)Cc1ccccc1)OB2O.Cc1ccc2c3c1[C@@H](CN)OB3O[C@H](CO)CO2.Cl. The Bertz CT molecular complexity index is 1830. The lowest BCUT2D eigenvalue weighted by atomic mass is 9.76. The third-order valence-electron chi connectivity index (χ3n) is 10.2. The molecule has 0 bridgehead atoms. The first-order valence-corrected chi connectivity index (χ1v) is 18.7. The number of halogens is 1. The van der Waals surface area contributed by atoms with E-state index in [4.69, 9.17) is 38.6 Å². The number of hydrogen-bond acceptors (Lipinski definition) is 11. The molecule has 4 heterocycles. The van der Waals surface area contributed by atoms with Crippen LogP contribution in [0.1, 0.15) is 59.4 Å². The van der Waals surface area contributed by atoms with Crippen molar-refractivity contribution in [3.8, 4) is 11.5 Å². The van der Waals surface area contributed by atoms with Crippen LogP contribution in [0.5, 0.6) is 11.5 Å². The van der Waals surface area contributed by atoms with Crippen molar-refractivity contribution in [3.05, 3.63) is 118 Å². The molecule has 0 radical (unpaired) electrons. The lowest BCUT2D eigenvalue weighted by Gasteiger charge is -2.27. The van der Waals surface area contributed by atoms with Crippen LogP contribution < -0.4 is 26.1 Å². The van der Waals surface area contributed by atoms with Gasteiger partial charge in [-0.25, -0.2) is 0 Å². The number of rotatable bonds is 11. The molecule has 14 heteroatoms. The highest BCUT2D eigenvalue weighted by atomic mass is 35.5. The van der Waals surface area contributed by atoms with Gasteiger partial charge in [0.2, 0.25) is 0 Å². The summed E-state index contributed by atoms with van der Waals surface area (Å²) >= 11 is 0. The van der Waals surface area contributed by atoms with E-state index in [9.17, 15) is 10.1 Å². The van der Waals surface area contributed by atoms with Gasteiger partial charge in [0.05, 0.1) is 25.4 Å². The van der Waals surface area contributed by atoms with Crippen molar-refractivity contribution in [2.45, 2.75) is 71.0 Å². The van der Waals surface area contributed by atoms with Gasteiger partial charge in [0, 0.05) is 37.1 Å². The molecule has 292 valence electrons. The summed E-state index contributed by atoms with van der Waals surface area (Å²) in [6.07, 6.45) is -0.950. The van der Waals surface area contributed by atoms with Gasteiger partial charge in [-0.1, -0.05) is 72.8 Å². The normalized spacial score (nSPS) is 21.9. The summed E-state index contributed by atoms with van der Waals surface area (Å²) in [4.78, 5) is 2.37. The fourth-order valence-corrected chi connectivity index (χ4v) is 7.66. The van der Waals surface area contributed by atoms with Gasteiger partial charge in [-0.2, -0.15) is 0 Å². The molecule has 8 rings (SSSR count). The minimum atomic E-state index is -1.03. The summed E-state index contributed by atoms with van der Waals surface area (Å²) < 4.78 is 41.0. The van der Waals surface area contributed by atoms with Crippen molar-refractivity contribution in [1.29, 1.82) is 0 Å². The van der Waals surface area contributed by atoms with Gasteiger partial charge in [-0.3, -0.25) is 4.90 Å². The van der Waals surface area contributed by atoms with E-state index in [1.54, 1.807) is 0 Å². The first-order chi connectivity index (χ1) is 26.1. The quantitative estimate of drug-likeness (QED) is 0.192. The number of hydrogen-bond donors (Lipinski definition) is 3. The van der Waals surface area contributed by atoms with Crippen molar-refractivity contribution in [2.24, 2.45) is 5.73 Å². The number of aliphatic hydroxyl groups is 1. The van der Waals surface area contributed by atoms with Crippen LogP contribution in [0.2, 0.25) is 0 Å². The highest BCUT2D eigenvalue weighted by molar-refractivity contribution is 6.64. The van der Waals surface area contributed by atoms with Crippen molar-refractivity contribution < 1.29 is 43.0 Å². The van der Waals surface area contributed by atoms with Gasteiger partial charge in [-0.15, -0.1) is 12.4 Å². The van der Waals surface area contributed by atoms with Crippen LogP contribution in [0.4, 0.5) is 0 Å². The van der Waals surface area contributed by atoms with Gasteiger partial charge < -0.3 is 48.8 Å². The van der Waals surface area contributed by atoms with Crippen LogP contribution in [-0.4, -0.2) is 86.8 Å². The zero-order valence-corrected chi connectivity index (χ0v) is 32.7. The fourth-order valence-electron chi connectivity index (χ4n) is 7.66. The third-order valence-corrected chi connectivity index (χ3v) is 10.2. The molecule has 0 aliphatic carbocycles. The Balaban J connectivity index is 0.000000227. The molecule has 1 fully saturated rings. The molecule has 55 heavy (non-hydrogen) atoms. The molecule has 4 aliphatic rings. The molecule has 0 saturated carbocycles. The van der Waals surface area contributed by atoms with E-state index in [1.165, 1.54) is 11.1 Å². The van der Waals surface area contributed by atoms with Crippen molar-refractivity contribution in [1.82, 2.24) is 4.90 Å². The predicted octanol–water partition coefficient (Wildman–Crippen LogP) is 3.90. The molecule has 11 nitrogen and oxygen atoms in total. The molecule has 0 aromatic heterocycles. The zero-order valence-electron chi connectivity index (χ0n) is 31.9. The number of nitrogens with two attached hydrogens (primary N) is 1. The Labute approximate surface area is 330 Å². The van der Waals surface area contributed by atoms with Crippen LogP contribution in [0, 0.1) is 13.8 Å². The lowest BCUT2D eigenvalue weighted by Crippen LogP contribution is -2.36. The summed E-state index contributed by atoms with van der Waals surface area (Å²) in [6, 6.07) is 28.8. The Morgan fingerprint density at radius 2 is 1.44 bits per heavy atom. The maximum atomic E-state index is 10.9. The third kappa shape index (κ3) is 9.57. The first-order valence-electron chi connectivity index (χ1n) is 18.7. The van der Waals surface area contributed by atoms with Gasteiger partial charge in [0.15, 0.2) is 5.79 Å². The first kappa shape index (κ1) is 41.2. The maximum Gasteiger partial charge on any atom is 0.498 e. The number of aliphatic hydroxyl groups excluding tert-OH is 1. The fraction of sp³-hybridized carbons (Fsp3) is 0.415. The van der Waals surface area contributed by atoms with Gasteiger partial charge in [0.1, 0.15) is 36.9 Å². The Kier molecular flexibility index (Phi) is 13.6. The highest BCUT2D eigenvalue weighted by Gasteiger charge is 2.44. The average molecular weight is 773 g/mol. The topological polar surface area (TPSA) is 134 Å². The van der Waals surface area contributed by atoms with Gasteiger partial charge in [-0.05, 0) is 73.2 Å². The summed E-state index contributed by atoms with van der Waals surface area (Å²) in [5.41, 5.74) is 14.2. The van der Waals surface area contributed by atoms with Gasteiger partial charge >= 0.3 is 14.2 Å². The second kappa shape index (κ2) is 18.2. The largest absolute Gasteiger partial charge is 0.498 e. The summed E-state index contributed by atoms with van der Waals surface area (Å²) in [6.45, 7) is 11.6.